The molecule has 0 aliphatic carbocycles. The highest BCUT2D eigenvalue weighted by molar-refractivity contribution is 5.96. The zero-order valence-corrected chi connectivity index (χ0v) is 8.85. The van der Waals surface area contributed by atoms with Crippen LogP contribution >= 0.6 is 0 Å². The van der Waals surface area contributed by atoms with Crippen LogP contribution in [0.2, 0.25) is 0 Å². The normalized spacial score (nSPS) is 17.9. The lowest BCUT2D eigenvalue weighted by Gasteiger charge is -2.37. The number of primary amides is 2. The van der Waals surface area contributed by atoms with Gasteiger partial charge in [0.2, 0.25) is 0 Å². The third-order valence-electron chi connectivity index (χ3n) is 2.38. The van der Waals surface area contributed by atoms with Crippen molar-refractivity contribution in [2.24, 2.45) is 11.5 Å². The number of nitrogens with two attached hydrogens (primary N) is 2. The molecule has 90 valence electrons. The fourth-order valence-corrected chi connectivity index (χ4v) is 1.36. The van der Waals surface area contributed by atoms with E-state index in [2.05, 4.69) is 13.2 Å². The van der Waals surface area contributed by atoms with Crippen molar-refractivity contribution < 1.29 is 19.8 Å². The van der Waals surface area contributed by atoms with Crippen molar-refractivity contribution in [3.8, 4) is 0 Å². The van der Waals surface area contributed by atoms with Crippen LogP contribution in [-0.4, -0.2) is 33.2 Å². The summed E-state index contributed by atoms with van der Waals surface area (Å²) in [6.45, 7) is 6.61. The van der Waals surface area contributed by atoms with Gasteiger partial charge in [-0.1, -0.05) is 12.2 Å². The average molecular weight is 228 g/mol. The summed E-state index contributed by atoms with van der Waals surface area (Å²) >= 11 is 0. The number of hydrogen-bond donors (Lipinski definition) is 4. The molecule has 0 aromatic rings. The Kier molecular flexibility index (Phi) is 4.40. The molecule has 2 amide bonds. The van der Waals surface area contributed by atoms with Crippen LogP contribution in [0.15, 0.2) is 25.3 Å². The first-order chi connectivity index (χ1) is 7.26. The topological polar surface area (TPSA) is 127 Å². The minimum absolute atomic E-state index is 0.393. The standard InChI is InChI=1S/C10H16N2O4/c1-3-5-9(15,7(11)13)10(16,6-4-2)8(12)14/h3-4,15-16H,1-2,5-6H2,(H2,11,13)(H2,12,14)/t9-,10-/m0/s1. The van der Waals surface area contributed by atoms with Crippen LogP contribution in [0.1, 0.15) is 12.8 Å². The minimum atomic E-state index is -2.49. The van der Waals surface area contributed by atoms with Crippen LogP contribution in [0, 0.1) is 0 Å². The van der Waals surface area contributed by atoms with E-state index in [0.717, 1.165) is 12.2 Å². The lowest BCUT2D eigenvalue weighted by molar-refractivity contribution is -0.180. The first kappa shape index (κ1) is 14.3. The molecular weight excluding hydrogens is 212 g/mol. The lowest BCUT2D eigenvalue weighted by atomic mass is 9.76. The van der Waals surface area contributed by atoms with Crippen molar-refractivity contribution in [3.05, 3.63) is 25.3 Å². The molecule has 6 N–H and O–H groups in total. The van der Waals surface area contributed by atoms with E-state index in [4.69, 9.17) is 11.5 Å². The summed E-state index contributed by atoms with van der Waals surface area (Å²) in [5.41, 5.74) is 4.96. The number of amides is 2. The second-order valence-electron chi connectivity index (χ2n) is 3.43. The van der Waals surface area contributed by atoms with Crippen molar-refractivity contribution in [1.29, 1.82) is 0 Å². The fraction of sp³-hybridized carbons (Fsp3) is 0.400. The Bertz CT molecular complexity index is 297. The van der Waals surface area contributed by atoms with Gasteiger partial charge in [0.15, 0.2) is 11.2 Å². The van der Waals surface area contributed by atoms with Crippen molar-refractivity contribution in [3.63, 3.8) is 0 Å². The van der Waals surface area contributed by atoms with E-state index in [-0.39, 0.29) is 0 Å². The molecule has 0 saturated carbocycles. The number of carbonyl (C=O) groups is 2. The van der Waals surface area contributed by atoms with Gasteiger partial charge in [-0.15, -0.1) is 13.2 Å². The van der Waals surface area contributed by atoms with Gasteiger partial charge in [-0.05, 0) is 0 Å². The maximum Gasteiger partial charge on any atom is 0.253 e. The molecule has 0 unspecified atom stereocenters. The van der Waals surface area contributed by atoms with E-state index in [9.17, 15) is 19.8 Å². The highest BCUT2D eigenvalue weighted by Crippen LogP contribution is 2.29. The third kappa shape index (κ3) is 2.12. The summed E-state index contributed by atoms with van der Waals surface area (Å²) in [4.78, 5) is 22.3. The van der Waals surface area contributed by atoms with Crippen molar-refractivity contribution >= 4 is 11.8 Å². The molecule has 16 heavy (non-hydrogen) atoms. The Balaban J connectivity index is 5.59. The summed E-state index contributed by atoms with van der Waals surface area (Å²) in [7, 11) is 0. The lowest BCUT2D eigenvalue weighted by Crippen LogP contribution is -2.67. The largest absolute Gasteiger partial charge is 0.377 e. The van der Waals surface area contributed by atoms with Gasteiger partial charge in [-0.2, -0.15) is 0 Å². The first-order valence-electron chi connectivity index (χ1n) is 4.52. The molecule has 0 aromatic heterocycles. The zero-order valence-electron chi connectivity index (χ0n) is 8.85. The molecule has 0 aliphatic heterocycles. The smallest absolute Gasteiger partial charge is 0.253 e. The van der Waals surface area contributed by atoms with Crippen LogP contribution in [0.25, 0.3) is 0 Å². The van der Waals surface area contributed by atoms with Gasteiger partial charge in [-0.25, -0.2) is 0 Å². The molecule has 0 aliphatic rings. The molecule has 0 saturated heterocycles. The highest BCUT2D eigenvalue weighted by atomic mass is 16.4. The summed E-state index contributed by atoms with van der Waals surface area (Å²) in [6.07, 6.45) is 1.52. The molecule has 0 radical (unpaired) electrons. The van der Waals surface area contributed by atoms with Crippen LogP contribution in [0.3, 0.4) is 0 Å². The molecule has 0 fully saturated rings. The highest BCUT2D eigenvalue weighted by Gasteiger charge is 2.56. The Morgan fingerprint density at radius 2 is 1.25 bits per heavy atom. The minimum Gasteiger partial charge on any atom is -0.377 e. The molecule has 2 atom stereocenters. The van der Waals surface area contributed by atoms with Gasteiger partial charge < -0.3 is 21.7 Å². The predicted octanol–water partition coefficient (Wildman–Crippen LogP) is -1.43. The van der Waals surface area contributed by atoms with Gasteiger partial charge in [-0.3, -0.25) is 9.59 Å². The summed E-state index contributed by atoms with van der Waals surface area (Å²) in [5.74, 6) is -2.51. The van der Waals surface area contributed by atoms with Crippen LogP contribution < -0.4 is 11.5 Å². The van der Waals surface area contributed by atoms with Crippen molar-refractivity contribution in [2.45, 2.75) is 24.0 Å². The molecule has 0 spiro atoms. The van der Waals surface area contributed by atoms with E-state index < -0.39 is 35.9 Å². The average Bonchev–Trinajstić information content (AvgIpc) is 2.17. The molecule has 0 aromatic carbocycles. The monoisotopic (exact) mass is 228 g/mol. The number of carbonyl (C=O) groups excluding carboxylic acids is 2. The molecule has 0 rings (SSSR count). The molecular formula is C10H16N2O4. The van der Waals surface area contributed by atoms with E-state index in [0.29, 0.717) is 0 Å². The molecule has 6 nitrogen and oxygen atoms in total. The van der Waals surface area contributed by atoms with Gasteiger partial charge in [0.05, 0.1) is 0 Å². The fourth-order valence-electron chi connectivity index (χ4n) is 1.36. The van der Waals surface area contributed by atoms with Crippen molar-refractivity contribution in [2.75, 3.05) is 0 Å². The van der Waals surface area contributed by atoms with E-state index >= 15 is 0 Å². The second-order valence-corrected chi connectivity index (χ2v) is 3.43. The SMILES string of the molecule is C=CC[C@](O)(C(N)=O)[C@](O)(CC=C)C(N)=O. The van der Waals surface area contributed by atoms with Gasteiger partial charge in [0, 0.05) is 12.8 Å². The zero-order chi connectivity index (χ0) is 13.0. The Labute approximate surface area is 93.2 Å². The second kappa shape index (κ2) is 4.91. The maximum absolute atomic E-state index is 11.2. The van der Waals surface area contributed by atoms with E-state index in [1.165, 1.54) is 0 Å². The molecule has 0 bridgehead atoms. The van der Waals surface area contributed by atoms with Crippen LogP contribution in [0.4, 0.5) is 0 Å². The Hall–Kier alpha value is -1.66. The summed E-state index contributed by atoms with van der Waals surface area (Å²) in [5, 5.41) is 19.9. The quantitative estimate of drug-likeness (QED) is 0.398. The summed E-state index contributed by atoms with van der Waals surface area (Å²) < 4.78 is 0. The Morgan fingerprint density at radius 3 is 1.38 bits per heavy atom. The third-order valence-corrected chi connectivity index (χ3v) is 2.38. The maximum atomic E-state index is 11.2. The van der Waals surface area contributed by atoms with Gasteiger partial charge >= 0.3 is 0 Å². The number of rotatable bonds is 7. The van der Waals surface area contributed by atoms with Crippen LogP contribution in [0.5, 0.6) is 0 Å². The summed E-state index contributed by atoms with van der Waals surface area (Å²) in [6, 6.07) is 0. The van der Waals surface area contributed by atoms with Crippen LogP contribution in [-0.2, 0) is 9.59 Å². The van der Waals surface area contributed by atoms with Crippen molar-refractivity contribution in [1.82, 2.24) is 0 Å². The first-order valence-corrected chi connectivity index (χ1v) is 4.52. The van der Waals surface area contributed by atoms with E-state index in [1.807, 2.05) is 0 Å². The van der Waals surface area contributed by atoms with E-state index in [1.54, 1.807) is 0 Å². The molecule has 6 heteroatoms. The predicted molar refractivity (Wildman–Crippen MR) is 57.9 cm³/mol. The van der Waals surface area contributed by atoms with Gasteiger partial charge in [0.25, 0.3) is 11.8 Å². The number of hydrogen-bond acceptors (Lipinski definition) is 4. The van der Waals surface area contributed by atoms with Gasteiger partial charge in [0.1, 0.15) is 0 Å². The molecule has 0 heterocycles. The number of aliphatic hydroxyl groups is 2. The Morgan fingerprint density at radius 1 is 1.00 bits per heavy atom.